The van der Waals surface area contributed by atoms with Crippen molar-refractivity contribution < 1.29 is 19.3 Å². The van der Waals surface area contributed by atoms with E-state index in [0.717, 1.165) is 5.56 Å². The fourth-order valence-electron chi connectivity index (χ4n) is 1.72. The van der Waals surface area contributed by atoms with E-state index >= 15 is 0 Å². The molecule has 0 saturated carbocycles. The predicted octanol–water partition coefficient (Wildman–Crippen LogP) is 0.747. The fraction of sp³-hybridized carbons (Fsp3) is 0.500. The Morgan fingerprint density at radius 3 is 1.94 bits per heavy atom. The predicted molar refractivity (Wildman–Crippen MR) is 65.0 cm³/mol. The summed E-state index contributed by atoms with van der Waals surface area (Å²) in [6.45, 7) is 0.255. The van der Waals surface area contributed by atoms with Crippen molar-refractivity contribution in [1.29, 1.82) is 0 Å². The topological polar surface area (TPSA) is 73.9 Å². The molecule has 0 radical (unpaired) electrons. The van der Waals surface area contributed by atoms with Crippen molar-refractivity contribution in [3.63, 3.8) is 0 Å². The van der Waals surface area contributed by atoms with Crippen molar-refractivity contribution in [3.05, 3.63) is 17.7 Å². The molecular formula is C12H19NO4. The normalized spacial score (nSPS) is 12.1. The molecule has 0 aliphatic carbocycles. The molecule has 5 nitrogen and oxygen atoms in total. The Bertz CT molecular complexity index is 339. The summed E-state index contributed by atoms with van der Waals surface area (Å²) in [5, 5.41) is 9.32. The molecule has 0 bridgehead atoms. The first-order chi connectivity index (χ1) is 8.21. The molecule has 0 aromatic heterocycles. The Morgan fingerprint density at radius 1 is 1.12 bits per heavy atom. The molecule has 0 spiro atoms. The van der Waals surface area contributed by atoms with Crippen LogP contribution in [0, 0.1) is 0 Å². The summed E-state index contributed by atoms with van der Waals surface area (Å²) in [5.41, 5.74) is 6.40. The molecule has 3 N–H and O–H groups in total. The zero-order valence-electron chi connectivity index (χ0n) is 10.4. The highest BCUT2D eigenvalue weighted by molar-refractivity contribution is 5.52. The lowest BCUT2D eigenvalue weighted by Crippen LogP contribution is -2.17. The minimum absolute atomic E-state index is 0.0600. The number of hydrogen-bond donors (Lipinski definition) is 2. The molecule has 0 heterocycles. The van der Waals surface area contributed by atoms with Gasteiger partial charge in [0.15, 0.2) is 0 Å². The van der Waals surface area contributed by atoms with Crippen molar-refractivity contribution in [2.45, 2.75) is 5.92 Å². The third-order valence-electron chi connectivity index (χ3n) is 2.67. The van der Waals surface area contributed by atoms with E-state index in [2.05, 4.69) is 0 Å². The zero-order chi connectivity index (χ0) is 12.8. The highest BCUT2D eigenvalue weighted by Gasteiger charge is 2.20. The van der Waals surface area contributed by atoms with E-state index in [1.807, 2.05) is 0 Å². The Kier molecular flexibility index (Phi) is 5.06. The summed E-state index contributed by atoms with van der Waals surface area (Å²) >= 11 is 0. The lowest BCUT2D eigenvalue weighted by molar-refractivity contribution is 0.260. The lowest BCUT2D eigenvalue weighted by Gasteiger charge is -2.20. The van der Waals surface area contributed by atoms with Gasteiger partial charge in [-0.25, -0.2) is 0 Å². The number of benzene rings is 1. The number of aliphatic hydroxyl groups excluding tert-OH is 1. The van der Waals surface area contributed by atoms with Crippen molar-refractivity contribution in [2.75, 3.05) is 34.5 Å². The largest absolute Gasteiger partial charge is 0.496 e. The van der Waals surface area contributed by atoms with E-state index < -0.39 is 0 Å². The molecule has 1 unspecified atom stereocenters. The van der Waals surface area contributed by atoms with Crippen molar-refractivity contribution >= 4 is 0 Å². The zero-order valence-corrected chi connectivity index (χ0v) is 10.4. The van der Waals surface area contributed by atoms with E-state index in [0.29, 0.717) is 23.8 Å². The molecule has 0 aliphatic heterocycles. The lowest BCUT2D eigenvalue weighted by atomic mass is 9.97. The maximum Gasteiger partial charge on any atom is 0.129 e. The van der Waals surface area contributed by atoms with Gasteiger partial charge in [-0.05, 0) is 0 Å². The van der Waals surface area contributed by atoms with E-state index in [-0.39, 0.29) is 12.5 Å². The summed E-state index contributed by atoms with van der Waals surface area (Å²) in [4.78, 5) is 0. The quantitative estimate of drug-likeness (QED) is 0.768. The number of rotatable bonds is 6. The van der Waals surface area contributed by atoms with Crippen LogP contribution in [-0.4, -0.2) is 39.6 Å². The van der Waals surface area contributed by atoms with Gasteiger partial charge >= 0.3 is 0 Å². The van der Waals surface area contributed by atoms with Crippen LogP contribution in [0.3, 0.4) is 0 Å². The number of nitrogens with two attached hydrogens (primary N) is 1. The van der Waals surface area contributed by atoms with Gasteiger partial charge in [0.05, 0.1) is 27.9 Å². The van der Waals surface area contributed by atoms with Crippen molar-refractivity contribution in [1.82, 2.24) is 0 Å². The summed E-state index contributed by atoms with van der Waals surface area (Å²) < 4.78 is 15.7. The number of hydrogen-bond acceptors (Lipinski definition) is 5. The molecule has 0 amide bonds. The molecule has 5 heteroatoms. The first kappa shape index (κ1) is 13.6. The van der Waals surface area contributed by atoms with Crippen molar-refractivity contribution in [2.24, 2.45) is 5.73 Å². The molecule has 0 saturated heterocycles. The van der Waals surface area contributed by atoms with Gasteiger partial charge in [0.25, 0.3) is 0 Å². The van der Waals surface area contributed by atoms with Gasteiger partial charge in [-0.3, -0.25) is 0 Å². The SMILES string of the molecule is COc1cc(OC)c(C(CN)CO)c(OC)c1. The standard InChI is InChI=1S/C12H19NO4/c1-15-9-4-10(16-2)12(8(6-13)7-14)11(5-9)17-3/h4-5,8,14H,6-7,13H2,1-3H3. The molecule has 1 rings (SSSR count). The van der Waals surface area contributed by atoms with E-state index in [9.17, 15) is 5.11 Å². The molecule has 1 atom stereocenters. The number of aliphatic hydroxyl groups is 1. The Hall–Kier alpha value is -1.46. The van der Waals surface area contributed by atoms with Gasteiger partial charge in [0, 0.05) is 30.2 Å². The average molecular weight is 241 g/mol. The fourth-order valence-corrected chi connectivity index (χ4v) is 1.72. The minimum Gasteiger partial charge on any atom is -0.496 e. The van der Waals surface area contributed by atoms with Gasteiger partial charge < -0.3 is 25.1 Å². The molecule has 96 valence electrons. The third kappa shape index (κ3) is 2.81. The van der Waals surface area contributed by atoms with Gasteiger partial charge in [-0.15, -0.1) is 0 Å². The number of methoxy groups -OCH3 is 3. The summed E-state index contributed by atoms with van der Waals surface area (Å²) in [6, 6.07) is 3.49. The number of ether oxygens (including phenoxy) is 3. The maximum atomic E-state index is 9.32. The third-order valence-corrected chi connectivity index (χ3v) is 2.67. The Morgan fingerprint density at radius 2 is 1.65 bits per heavy atom. The van der Waals surface area contributed by atoms with Crippen LogP contribution in [0.15, 0.2) is 12.1 Å². The van der Waals surface area contributed by atoms with E-state index in [1.54, 1.807) is 33.5 Å². The van der Waals surface area contributed by atoms with E-state index in [1.165, 1.54) is 0 Å². The monoisotopic (exact) mass is 241 g/mol. The second-order valence-electron chi connectivity index (χ2n) is 3.56. The van der Waals surface area contributed by atoms with E-state index in [4.69, 9.17) is 19.9 Å². The first-order valence-electron chi connectivity index (χ1n) is 5.32. The van der Waals surface area contributed by atoms with Gasteiger partial charge in [0.2, 0.25) is 0 Å². The molecule has 1 aromatic carbocycles. The van der Waals surface area contributed by atoms with Gasteiger partial charge in [-0.2, -0.15) is 0 Å². The molecule has 0 fully saturated rings. The second kappa shape index (κ2) is 6.32. The first-order valence-corrected chi connectivity index (χ1v) is 5.32. The van der Waals surface area contributed by atoms with Crippen LogP contribution in [0.25, 0.3) is 0 Å². The Balaban J connectivity index is 3.33. The smallest absolute Gasteiger partial charge is 0.129 e. The maximum absolute atomic E-state index is 9.32. The molecular weight excluding hydrogens is 222 g/mol. The van der Waals surface area contributed by atoms with Gasteiger partial charge in [-0.1, -0.05) is 0 Å². The summed E-state index contributed by atoms with van der Waals surface area (Å²) in [5.74, 6) is 1.62. The van der Waals surface area contributed by atoms with Crippen LogP contribution >= 0.6 is 0 Å². The van der Waals surface area contributed by atoms with Crippen LogP contribution in [0.1, 0.15) is 11.5 Å². The van der Waals surface area contributed by atoms with Crippen LogP contribution in [0.5, 0.6) is 17.2 Å². The summed E-state index contributed by atoms with van der Waals surface area (Å²) in [7, 11) is 4.69. The van der Waals surface area contributed by atoms with Crippen LogP contribution < -0.4 is 19.9 Å². The summed E-state index contributed by atoms with van der Waals surface area (Å²) in [6.07, 6.45) is 0. The molecule has 0 aliphatic rings. The minimum atomic E-state index is -0.217. The molecule has 17 heavy (non-hydrogen) atoms. The second-order valence-corrected chi connectivity index (χ2v) is 3.56. The van der Waals surface area contributed by atoms with Gasteiger partial charge in [0.1, 0.15) is 17.2 Å². The van der Waals surface area contributed by atoms with Crippen LogP contribution in [0.4, 0.5) is 0 Å². The van der Waals surface area contributed by atoms with Crippen LogP contribution in [-0.2, 0) is 0 Å². The highest BCUT2D eigenvalue weighted by atomic mass is 16.5. The average Bonchev–Trinajstić information content (AvgIpc) is 2.39. The Labute approximate surface area is 101 Å². The van der Waals surface area contributed by atoms with Crippen molar-refractivity contribution in [3.8, 4) is 17.2 Å². The highest BCUT2D eigenvalue weighted by Crippen LogP contribution is 2.38. The molecule has 1 aromatic rings. The van der Waals surface area contributed by atoms with Crippen LogP contribution in [0.2, 0.25) is 0 Å².